The molecule has 1 aromatic heterocycles. The molecule has 3 rings (SSSR count). The predicted molar refractivity (Wildman–Crippen MR) is 115 cm³/mol. The zero-order chi connectivity index (χ0) is 19.6. The molecular weight excluding hydrogens is 426 g/mol. The molecule has 0 fully saturated rings. The molecule has 3 aromatic rings. The van der Waals surface area contributed by atoms with E-state index >= 15 is 0 Å². The average Bonchev–Trinajstić information content (AvgIpc) is 2.90. The van der Waals surface area contributed by atoms with Gasteiger partial charge in [0.1, 0.15) is 0 Å². The highest BCUT2D eigenvalue weighted by Crippen LogP contribution is 2.23. The summed E-state index contributed by atoms with van der Waals surface area (Å²) in [6.07, 6.45) is 0. The van der Waals surface area contributed by atoms with E-state index in [-0.39, 0.29) is 6.03 Å². The first-order chi connectivity index (χ1) is 12.8. The molecule has 0 unspecified atom stereocenters. The first-order valence-electron chi connectivity index (χ1n) is 8.60. The molecule has 0 saturated carbocycles. The molecule has 2 amide bonds. The molecule has 4 nitrogen and oxygen atoms in total. The Morgan fingerprint density at radius 1 is 1.11 bits per heavy atom. The summed E-state index contributed by atoms with van der Waals surface area (Å²) < 4.78 is 3.15. The molecule has 0 spiro atoms. The fourth-order valence-corrected chi connectivity index (χ4v) is 3.53. The van der Waals surface area contributed by atoms with Gasteiger partial charge < -0.3 is 15.2 Å². The maximum absolute atomic E-state index is 12.2. The molecule has 1 heterocycles. The molecule has 0 saturated heterocycles. The topological polar surface area (TPSA) is 46.1 Å². The summed E-state index contributed by atoms with van der Waals surface area (Å²) in [7, 11) is 0. The maximum Gasteiger partial charge on any atom is 0.319 e. The number of halogens is 2. The van der Waals surface area contributed by atoms with Crippen LogP contribution in [0.5, 0.6) is 0 Å². The van der Waals surface area contributed by atoms with Gasteiger partial charge in [-0.1, -0.05) is 33.6 Å². The Morgan fingerprint density at radius 2 is 1.89 bits per heavy atom. The van der Waals surface area contributed by atoms with Crippen molar-refractivity contribution in [1.82, 2.24) is 9.88 Å². The van der Waals surface area contributed by atoms with Crippen LogP contribution in [-0.2, 0) is 6.54 Å². The Labute approximate surface area is 172 Å². The van der Waals surface area contributed by atoms with Crippen molar-refractivity contribution in [2.24, 2.45) is 0 Å². The van der Waals surface area contributed by atoms with Crippen molar-refractivity contribution in [3.63, 3.8) is 0 Å². The lowest BCUT2D eigenvalue weighted by Crippen LogP contribution is -2.28. The third-order valence-electron chi connectivity index (χ3n) is 4.46. The highest BCUT2D eigenvalue weighted by molar-refractivity contribution is 9.10. The zero-order valence-corrected chi connectivity index (χ0v) is 17.8. The number of carbonyl (C=O) groups excluding carboxylic acids is 1. The summed E-state index contributed by atoms with van der Waals surface area (Å²) in [5.74, 6) is 0. The second-order valence-corrected chi connectivity index (χ2v) is 7.77. The highest BCUT2D eigenvalue weighted by atomic mass is 79.9. The number of anilines is 1. The van der Waals surface area contributed by atoms with Crippen molar-refractivity contribution < 1.29 is 4.79 Å². The zero-order valence-electron chi connectivity index (χ0n) is 15.4. The maximum atomic E-state index is 12.2. The number of aromatic nitrogens is 1. The van der Waals surface area contributed by atoms with Crippen LogP contribution < -0.4 is 10.6 Å². The van der Waals surface area contributed by atoms with Gasteiger partial charge in [0.15, 0.2) is 0 Å². The van der Waals surface area contributed by atoms with Crippen LogP contribution in [0, 0.1) is 20.8 Å². The summed E-state index contributed by atoms with van der Waals surface area (Å²) in [6.45, 7) is 6.52. The Morgan fingerprint density at radius 3 is 2.59 bits per heavy atom. The fraction of sp³-hybridized carbons (Fsp3) is 0.190. The Kier molecular flexibility index (Phi) is 5.92. The number of urea groups is 1. The Balaban J connectivity index is 1.70. The van der Waals surface area contributed by atoms with E-state index in [0.29, 0.717) is 11.6 Å². The Bertz CT molecular complexity index is 997. The number of rotatable bonds is 4. The first-order valence-corrected chi connectivity index (χ1v) is 9.77. The van der Waals surface area contributed by atoms with Crippen LogP contribution in [0.25, 0.3) is 5.69 Å². The molecule has 2 aromatic carbocycles. The molecule has 27 heavy (non-hydrogen) atoms. The summed E-state index contributed by atoms with van der Waals surface area (Å²) in [6, 6.07) is 15.3. The van der Waals surface area contributed by atoms with Crippen molar-refractivity contribution in [2.75, 3.05) is 5.32 Å². The van der Waals surface area contributed by atoms with Crippen LogP contribution in [0.1, 0.15) is 22.5 Å². The van der Waals surface area contributed by atoms with E-state index in [0.717, 1.165) is 38.4 Å². The molecule has 6 heteroatoms. The minimum atomic E-state index is -0.232. The smallest absolute Gasteiger partial charge is 0.319 e. The van der Waals surface area contributed by atoms with Crippen molar-refractivity contribution in [1.29, 1.82) is 0 Å². The van der Waals surface area contributed by atoms with Gasteiger partial charge in [0.05, 0.1) is 0 Å². The number of aryl methyl sites for hydroxylation is 2. The number of hydrogen-bond acceptors (Lipinski definition) is 1. The quantitative estimate of drug-likeness (QED) is 0.497. The summed E-state index contributed by atoms with van der Waals surface area (Å²) >= 11 is 9.58. The van der Waals surface area contributed by atoms with Crippen LogP contribution in [-0.4, -0.2) is 10.6 Å². The third kappa shape index (κ3) is 4.54. The average molecular weight is 447 g/mol. The molecule has 0 aliphatic rings. The normalized spacial score (nSPS) is 10.7. The highest BCUT2D eigenvalue weighted by Gasteiger charge is 2.12. The molecule has 2 N–H and O–H groups in total. The van der Waals surface area contributed by atoms with Crippen LogP contribution >= 0.6 is 27.5 Å². The van der Waals surface area contributed by atoms with Gasteiger partial charge in [-0.15, -0.1) is 0 Å². The van der Waals surface area contributed by atoms with Gasteiger partial charge in [-0.25, -0.2) is 4.79 Å². The van der Waals surface area contributed by atoms with Crippen LogP contribution in [0.3, 0.4) is 0 Å². The van der Waals surface area contributed by atoms with Crippen LogP contribution in [0.15, 0.2) is 53.0 Å². The van der Waals surface area contributed by atoms with E-state index in [1.807, 2.05) is 63.2 Å². The molecule has 0 bridgehead atoms. The van der Waals surface area contributed by atoms with Gasteiger partial charge >= 0.3 is 6.03 Å². The number of hydrogen-bond donors (Lipinski definition) is 2. The van der Waals surface area contributed by atoms with Crippen molar-refractivity contribution in [3.05, 3.63) is 80.5 Å². The lowest BCUT2D eigenvalue weighted by molar-refractivity contribution is 0.251. The number of nitrogens with one attached hydrogen (secondary N) is 2. The van der Waals surface area contributed by atoms with Gasteiger partial charge in [0.2, 0.25) is 0 Å². The van der Waals surface area contributed by atoms with Gasteiger partial charge in [-0.05, 0) is 74.4 Å². The van der Waals surface area contributed by atoms with E-state index in [1.165, 1.54) is 0 Å². The van der Waals surface area contributed by atoms with Gasteiger partial charge in [0.25, 0.3) is 0 Å². The van der Waals surface area contributed by atoms with Crippen molar-refractivity contribution >= 4 is 39.2 Å². The van der Waals surface area contributed by atoms with Gasteiger partial charge in [-0.2, -0.15) is 0 Å². The fourth-order valence-electron chi connectivity index (χ4n) is 3.09. The second kappa shape index (κ2) is 8.19. The van der Waals surface area contributed by atoms with Gasteiger partial charge in [-0.3, -0.25) is 0 Å². The summed E-state index contributed by atoms with van der Waals surface area (Å²) in [5, 5.41) is 6.49. The second-order valence-electron chi connectivity index (χ2n) is 6.48. The predicted octanol–water partition coefficient (Wildman–Crippen LogP) is 6.14. The minimum absolute atomic E-state index is 0.232. The standard InChI is InChI=1S/C21H21BrClN3O/c1-13-9-18(7-8-20(13)22)25-21(27)24-12-16-10-14(2)26(15(16)3)19-6-4-5-17(23)11-19/h4-11H,12H2,1-3H3,(H2,24,25,27). The number of amides is 2. The molecule has 0 aliphatic heterocycles. The van der Waals surface area contributed by atoms with Crippen LogP contribution in [0.4, 0.5) is 10.5 Å². The van der Waals surface area contributed by atoms with Crippen molar-refractivity contribution in [3.8, 4) is 5.69 Å². The molecular formula is C21H21BrClN3O. The lowest BCUT2D eigenvalue weighted by atomic mass is 10.2. The molecule has 0 radical (unpaired) electrons. The summed E-state index contributed by atoms with van der Waals surface area (Å²) in [4.78, 5) is 12.2. The number of nitrogens with zero attached hydrogens (tertiary/aromatic N) is 1. The number of benzene rings is 2. The largest absolute Gasteiger partial charge is 0.334 e. The lowest BCUT2D eigenvalue weighted by Gasteiger charge is -2.11. The minimum Gasteiger partial charge on any atom is -0.334 e. The number of carbonyl (C=O) groups is 1. The van der Waals surface area contributed by atoms with Crippen molar-refractivity contribution in [2.45, 2.75) is 27.3 Å². The molecule has 0 atom stereocenters. The Hall–Kier alpha value is -2.24. The van der Waals surface area contributed by atoms with E-state index < -0.39 is 0 Å². The third-order valence-corrected chi connectivity index (χ3v) is 5.58. The van der Waals surface area contributed by atoms with Gasteiger partial charge in [0, 0.05) is 38.8 Å². The first kappa shape index (κ1) is 19.5. The molecule has 0 aliphatic carbocycles. The molecule has 140 valence electrons. The van der Waals surface area contributed by atoms with E-state index in [4.69, 9.17) is 11.6 Å². The van der Waals surface area contributed by atoms with Crippen LogP contribution in [0.2, 0.25) is 5.02 Å². The SMILES string of the molecule is Cc1cc(NC(=O)NCc2cc(C)n(-c3cccc(Cl)c3)c2C)ccc1Br. The van der Waals surface area contributed by atoms with E-state index in [2.05, 4.69) is 37.2 Å². The summed E-state index contributed by atoms with van der Waals surface area (Å²) in [5.41, 5.74) is 6.08. The van der Waals surface area contributed by atoms with E-state index in [1.54, 1.807) is 0 Å². The monoisotopic (exact) mass is 445 g/mol. The van der Waals surface area contributed by atoms with E-state index in [9.17, 15) is 4.79 Å².